The molecule has 21 heavy (non-hydrogen) atoms. The van der Waals surface area contributed by atoms with Crippen LogP contribution in [-0.4, -0.2) is 42.3 Å². The second-order valence-corrected chi connectivity index (χ2v) is 4.90. The monoisotopic (exact) mass is 291 g/mol. The molecule has 1 N–H and O–H groups in total. The van der Waals surface area contributed by atoms with Gasteiger partial charge in [0.25, 0.3) is 0 Å². The Balaban J connectivity index is 1.97. The van der Waals surface area contributed by atoms with Crippen LogP contribution in [0.1, 0.15) is 12.5 Å². The molecule has 1 aromatic rings. The van der Waals surface area contributed by atoms with Crippen molar-refractivity contribution in [1.82, 2.24) is 4.90 Å². The summed E-state index contributed by atoms with van der Waals surface area (Å²) in [5.74, 6) is -0.434. The number of hydrogen-bond donors (Lipinski definition) is 1. The van der Waals surface area contributed by atoms with E-state index in [4.69, 9.17) is 14.6 Å². The van der Waals surface area contributed by atoms with E-state index in [0.29, 0.717) is 11.5 Å². The maximum atomic E-state index is 11.9. The average molecular weight is 291 g/mol. The Morgan fingerprint density at radius 2 is 2.10 bits per heavy atom. The van der Waals surface area contributed by atoms with Crippen LogP contribution in [0.4, 0.5) is 0 Å². The second kappa shape index (κ2) is 6.30. The van der Waals surface area contributed by atoms with Gasteiger partial charge >= 0.3 is 5.97 Å². The molecule has 0 spiro atoms. The predicted octanol–water partition coefficient (Wildman–Crippen LogP) is 1.61. The lowest BCUT2D eigenvalue weighted by molar-refractivity contribution is -0.142. The summed E-state index contributed by atoms with van der Waals surface area (Å²) in [6, 6.07) is 5.38. The largest absolute Gasteiger partial charge is 0.481 e. The van der Waals surface area contributed by atoms with Crippen LogP contribution in [0.15, 0.2) is 24.3 Å². The first-order valence-electron chi connectivity index (χ1n) is 6.53. The smallest absolute Gasteiger partial charge is 0.308 e. The first-order chi connectivity index (χ1) is 9.97. The average Bonchev–Trinajstić information content (AvgIpc) is 2.91. The molecule has 112 valence electrons. The molecule has 1 aliphatic heterocycles. The van der Waals surface area contributed by atoms with Gasteiger partial charge in [0.1, 0.15) is 0 Å². The number of nitrogens with zero attached hydrogens (tertiary/aromatic N) is 1. The number of rotatable bonds is 5. The summed E-state index contributed by atoms with van der Waals surface area (Å²) in [6.45, 7) is 1.94. The Morgan fingerprint density at radius 3 is 2.81 bits per heavy atom. The molecule has 1 unspecified atom stereocenters. The van der Waals surface area contributed by atoms with Crippen molar-refractivity contribution >= 4 is 18.0 Å². The first kappa shape index (κ1) is 14.9. The number of aliphatic carboxylic acids is 1. The van der Waals surface area contributed by atoms with Crippen LogP contribution >= 0.6 is 0 Å². The molecule has 6 heteroatoms. The van der Waals surface area contributed by atoms with Crippen molar-refractivity contribution in [3.8, 4) is 11.5 Å². The lowest BCUT2D eigenvalue weighted by Gasteiger charge is -2.17. The highest BCUT2D eigenvalue weighted by molar-refractivity contribution is 5.92. The highest BCUT2D eigenvalue weighted by Crippen LogP contribution is 2.32. The molecule has 1 heterocycles. The summed E-state index contributed by atoms with van der Waals surface area (Å²) in [6.07, 6.45) is 3.07. The molecule has 0 saturated carbocycles. The molecule has 1 amide bonds. The summed E-state index contributed by atoms with van der Waals surface area (Å²) in [5, 5.41) is 8.83. The van der Waals surface area contributed by atoms with Crippen molar-refractivity contribution in [2.24, 2.45) is 5.92 Å². The molecule has 2 rings (SSSR count). The molecule has 0 saturated heterocycles. The highest BCUT2D eigenvalue weighted by atomic mass is 16.7. The Kier molecular flexibility index (Phi) is 4.47. The third kappa shape index (κ3) is 3.75. The lowest BCUT2D eigenvalue weighted by atomic mass is 10.1. The van der Waals surface area contributed by atoms with E-state index in [1.807, 2.05) is 6.07 Å². The predicted molar refractivity (Wildman–Crippen MR) is 76.0 cm³/mol. The van der Waals surface area contributed by atoms with Gasteiger partial charge in [0.15, 0.2) is 11.5 Å². The van der Waals surface area contributed by atoms with Crippen LogP contribution in [0.25, 0.3) is 6.08 Å². The van der Waals surface area contributed by atoms with Crippen molar-refractivity contribution in [3.63, 3.8) is 0 Å². The number of carbonyl (C=O) groups excluding carboxylic acids is 1. The van der Waals surface area contributed by atoms with E-state index in [9.17, 15) is 9.59 Å². The molecule has 0 aromatic heterocycles. The molecule has 1 atom stereocenters. The van der Waals surface area contributed by atoms with E-state index in [1.165, 1.54) is 11.0 Å². The number of likely N-dealkylation sites (N-methyl/N-ethyl adjacent to an activating group) is 1. The summed E-state index contributed by atoms with van der Waals surface area (Å²) in [7, 11) is 1.58. The van der Waals surface area contributed by atoms with Gasteiger partial charge in [-0.2, -0.15) is 0 Å². The van der Waals surface area contributed by atoms with Crippen LogP contribution in [0, 0.1) is 5.92 Å². The zero-order valence-electron chi connectivity index (χ0n) is 11.9. The van der Waals surface area contributed by atoms with Crippen LogP contribution in [0.3, 0.4) is 0 Å². The maximum Gasteiger partial charge on any atom is 0.308 e. The zero-order chi connectivity index (χ0) is 15.4. The topological polar surface area (TPSA) is 76.1 Å². The minimum Gasteiger partial charge on any atom is -0.481 e. The van der Waals surface area contributed by atoms with Crippen molar-refractivity contribution < 1.29 is 24.2 Å². The summed E-state index contributed by atoms with van der Waals surface area (Å²) >= 11 is 0. The van der Waals surface area contributed by atoms with Gasteiger partial charge in [0.05, 0.1) is 5.92 Å². The van der Waals surface area contributed by atoms with E-state index in [0.717, 1.165) is 5.56 Å². The van der Waals surface area contributed by atoms with Gasteiger partial charge in [-0.05, 0) is 23.8 Å². The summed E-state index contributed by atoms with van der Waals surface area (Å²) in [4.78, 5) is 24.0. The molecule has 1 aromatic carbocycles. The van der Waals surface area contributed by atoms with E-state index >= 15 is 0 Å². The minimum absolute atomic E-state index is 0.166. The Hall–Kier alpha value is -2.50. The van der Waals surface area contributed by atoms with E-state index in [2.05, 4.69) is 0 Å². The fraction of sp³-hybridized carbons (Fsp3) is 0.333. The van der Waals surface area contributed by atoms with Crippen LogP contribution < -0.4 is 9.47 Å². The molecular formula is C15H17NO5. The Bertz CT molecular complexity index is 581. The number of hydrogen-bond acceptors (Lipinski definition) is 4. The molecule has 0 radical (unpaired) electrons. The SMILES string of the molecule is CC(CN(C)C(=O)C=Cc1ccc2c(c1)OCO2)C(=O)O. The second-order valence-electron chi connectivity index (χ2n) is 4.90. The van der Waals surface area contributed by atoms with Gasteiger partial charge in [-0.1, -0.05) is 13.0 Å². The molecule has 0 aliphatic carbocycles. The fourth-order valence-corrected chi connectivity index (χ4v) is 1.89. The lowest BCUT2D eigenvalue weighted by Crippen LogP contribution is -2.32. The zero-order valence-corrected chi connectivity index (χ0v) is 11.9. The number of carboxylic acids is 1. The summed E-state index contributed by atoms with van der Waals surface area (Å²) in [5.41, 5.74) is 0.812. The van der Waals surface area contributed by atoms with Gasteiger partial charge in [0, 0.05) is 19.7 Å². The first-order valence-corrected chi connectivity index (χ1v) is 6.53. The number of ether oxygens (including phenoxy) is 2. The van der Waals surface area contributed by atoms with Crippen LogP contribution in [-0.2, 0) is 9.59 Å². The maximum absolute atomic E-state index is 11.9. The Morgan fingerprint density at radius 1 is 1.38 bits per heavy atom. The van der Waals surface area contributed by atoms with Gasteiger partial charge in [-0.15, -0.1) is 0 Å². The van der Waals surface area contributed by atoms with E-state index in [-0.39, 0.29) is 19.2 Å². The van der Waals surface area contributed by atoms with Gasteiger partial charge in [-0.3, -0.25) is 9.59 Å². The fourth-order valence-electron chi connectivity index (χ4n) is 1.89. The minimum atomic E-state index is -0.922. The Labute approximate surface area is 122 Å². The molecule has 6 nitrogen and oxygen atoms in total. The number of amides is 1. The third-order valence-corrected chi connectivity index (χ3v) is 3.16. The molecular weight excluding hydrogens is 274 g/mol. The van der Waals surface area contributed by atoms with Crippen molar-refractivity contribution in [2.45, 2.75) is 6.92 Å². The highest BCUT2D eigenvalue weighted by Gasteiger charge is 2.16. The normalized spacial score (nSPS) is 14.2. The third-order valence-electron chi connectivity index (χ3n) is 3.16. The van der Waals surface area contributed by atoms with Crippen molar-refractivity contribution in [3.05, 3.63) is 29.8 Å². The van der Waals surface area contributed by atoms with Gasteiger partial charge in [0.2, 0.25) is 12.7 Å². The number of carbonyl (C=O) groups is 2. The molecule has 0 fully saturated rings. The van der Waals surface area contributed by atoms with Crippen molar-refractivity contribution in [2.75, 3.05) is 20.4 Å². The summed E-state index contributed by atoms with van der Waals surface area (Å²) < 4.78 is 10.5. The standard InChI is InChI=1S/C15H17NO5/c1-10(15(18)19)8-16(2)14(17)6-4-11-3-5-12-13(7-11)21-9-20-12/h3-7,10H,8-9H2,1-2H3,(H,18,19). The van der Waals surface area contributed by atoms with Crippen LogP contribution in [0.2, 0.25) is 0 Å². The number of fused-ring (bicyclic) bond motifs is 1. The molecule has 0 bridgehead atoms. The van der Waals surface area contributed by atoms with Gasteiger partial charge in [-0.25, -0.2) is 0 Å². The van der Waals surface area contributed by atoms with E-state index < -0.39 is 11.9 Å². The molecule has 1 aliphatic rings. The van der Waals surface area contributed by atoms with E-state index in [1.54, 1.807) is 32.2 Å². The van der Waals surface area contributed by atoms with Gasteiger partial charge < -0.3 is 19.5 Å². The number of carboxylic acid groups (broad SMARTS) is 1. The quantitative estimate of drug-likeness (QED) is 0.834. The van der Waals surface area contributed by atoms with Crippen molar-refractivity contribution in [1.29, 1.82) is 0 Å². The number of benzene rings is 1. The van der Waals surface area contributed by atoms with Crippen LogP contribution in [0.5, 0.6) is 11.5 Å².